The molecule has 25 heavy (non-hydrogen) atoms. The third-order valence-electron chi connectivity index (χ3n) is 5.13. The molecule has 2 aliphatic rings. The molecule has 0 amide bonds. The molecule has 136 valence electrons. The normalized spacial score (nSPS) is 29.1. The lowest BCUT2D eigenvalue weighted by Gasteiger charge is -2.46. The van der Waals surface area contributed by atoms with E-state index in [1.165, 1.54) is 0 Å². The highest BCUT2D eigenvalue weighted by Gasteiger charge is 2.48. The Hall–Kier alpha value is -0.990. The summed E-state index contributed by atoms with van der Waals surface area (Å²) in [6.07, 6.45) is 4.22. The summed E-state index contributed by atoms with van der Waals surface area (Å²) in [5.74, 6) is 0. The molecule has 0 aliphatic carbocycles. The topological polar surface area (TPSA) is 42.1 Å². The molecular weight excluding hydrogens is 415 g/mol. The second-order valence-corrected chi connectivity index (χ2v) is 8.08. The van der Waals surface area contributed by atoms with Gasteiger partial charge in [-0.05, 0) is 53.4 Å². The van der Waals surface area contributed by atoms with Gasteiger partial charge < -0.3 is 5.73 Å². The summed E-state index contributed by atoms with van der Waals surface area (Å²) < 4.78 is 38.1. The third kappa shape index (κ3) is 3.90. The Bertz CT molecular complexity index is 676. The van der Waals surface area contributed by atoms with E-state index in [0.29, 0.717) is 24.4 Å². The first kappa shape index (κ1) is 18.8. The number of hydrogen-bond donors (Lipinski definition) is 1. The molecule has 3 heterocycles. The van der Waals surface area contributed by atoms with Gasteiger partial charge in [0, 0.05) is 35.4 Å². The number of piperidine rings is 1. The van der Waals surface area contributed by atoms with E-state index >= 15 is 0 Å². The molecule has 0 radical (unpaired) electrons. The van der Waals surface area contributed by atoms with Gasteiger partial charge in [0.2, 0.25) is 0 Å². The lowest BCUT2D eigenvalue weighted by atomic mass is 9.70. The molecule has 2 aliphatic heterocycles. The lowest BCUT2D eigenvalue weighted by Crippen LogP contribution is -2.55. The fourth-order valence-electron chi connectivity index (χ4n) is 3.94. The highest BCUT2D eigenvalue weighted by atomic mass is 79.9. The van der Waals surface area contributed by atoms with Crippen molar-refractivity contribution in [2.45, 2.75) is 49.4 Å². The van der Waals surface area contributed by atoms with E-state index < -0.39 is 18.0 Å². The van der Waals surface area contributed by atoms with Crippen molar-refractivity contribution in [3.05, 3.63) is 40.6 Å². The fourth-order valence-corrected chi connectivity index (χ4v) is 4.59. The van der Waals surface area contributed by atoms with E-state index in [2.05, 4.69) is 38.0 Å². The quantitative estimate of drug-likeness (QED) is 0.560. The molecule has 3 nitrogen and oxygen atoms in total. The van der Waals surface area contributed by atoms with Gasteiger partial charge in [-0.3, -0.25) is 9.88 Å². The van der Waals surface area contributed by atoms with Crippen molar-refractivity contribution < 1.29 is 13.2 Å². The summed E-state index contributed by atoms with van der Waals surface area (Å²) in [5.41, 5.74) is 6.61. The van der Waals surface area contributed by atoms with Crippen molar-refractivity contribution in [3.63, 3.8) is 0 Å². The maximum Gasteiger partial charge on any atom is 0.389 e. The molecule has 2 unspecified atom stereocenters. The monoisotopic (exact) mass is 433 g/mol. The Labute approximate surface area is 158 Å². The largest absolute Gasteiger partial charge is 0.393 e. The number of alkyl halides is 3. The molecule has 2 atom stereocenters. The van der Waals surface area contributed by atoms with Crippen LogP contribution in [0.3, 0.4) is 0 Å². The minimum absolute atomic E-state index is 0.0486. The van der Waals surface area contributed by atoms with Crippen LogP contribution in [0.4, 0.5) is 13.2 Å². The Morgan fingerprint density at radius 2 is 1.96 bits per heavy atom. The number of halogens is 4. The van der Waals surface area contributed by atoms with E-state index in [0.717, 1.165) is 10.0 Å². The van der Waals surface area contributed by atoms with Gasteiger partial charge in [0.05, 0.1) is 10.4 Å². The molecule has 0 aromatic carbocycles. The molecular formula is C17H19BrF3N3S. The van der Waals surface area contributed by atoms with Crippen LogP contribution in [0.15, 0.2) is 35.1 Å². The van der Waals surface area contributed by atoms with Gasteiger partial charge in [0.15, 0.2) is 0 Å². The van der Waals surface area contributed by atoms with Crippen molar-refractivity contribution in [3.8, 4) is 0 Å². The van der Waals surface area contributed by atoms with Crippen molar-refractivity contribution in [2.24, 2.45) is 5.73 Å². The van der Waals surface area contributed by atoms with Crippen LogP contribution in [-0.4, -0.2) is 39.7 Å². The summed E-state index contributed by atoms with van der Waals surface area (Å²) >= 11 is 8.83. The molecule has 1 fully saturated rings. The van der Waals surface area contributed by atoms with E-state index in [-0.39, 0.29) is 18.5 Å². The van der Waals surface area contributed by atoms with Crippen LogP contribution in [0, 0.1) is 0 Å². The van der Waals surface area contributed by atoms with Crippen LogP contribution >= 0.6 is 28.1 Å². The number of nitrogens with two attached hydrogens (primary N) is 1. The number of pyridine rings is 1. The molecule has 2 bridgehead atoms. The highest BCUT2D eigenvalue weighted by Crippen LogP contribution is 2.45. The average Bonchev–Trinajstić information content (AvgIpc) is 2.76. The second kappa shape index (κ2) is 6.96. The zero-order chi connectivity index (χ0) is 18.2. The number of fused-ring (bicyclic) bond motifs is 2. The predicted octanol–water partition coefficient (Wildman–Crippen LogP) is 4.11. The van der Waals surface area contributed by atoms with Crippen molar-refractivity contribution in [2.75, 3.05) is 6.54 Å². The molecule has 1 aromatic heterocycles. The predicted molar refractivity (Wildman–Crippen MR) is 98.3 cm³/mol. The van der Waals surface area contributed by atoms with Gasteiger partial charge in [-0.2, -0.15) is 13.2 Å². The summed E-state index contributed by atoms with van der Waals surface area (Å²) in [5, 5.41) is 0. The van der Waals surface area contributed by atoms with Crippen LogP contribution in [0.2, 0.25) is 0 Å². The molecule has 2 N–H and O–H groups in total. The van der Waals surface area contributed by atoms with E-state index in [4.69, 9.17) is 18.0 Å². The van der Waals surface area contributed by atoms with Crippen molar-refractivity contribution in [1.29, 1.82) is 0 Å². The minimum Gasteiger partial charge on any atom is -0.393 e. The van der Waals surface area contributed by atoms with Gasteiger partial charge in [0.25, 0.3) is 0 Å². The molecule has 0 saturated carbocycles. The van der Waals surface area contributed by atoms with Crippen LogP contribution in [-0.2, 0) is 5.41 Å². The van der Waals surface area contributed by atoms with E-state index in [1.54, 1.807) is 12.4 Å². The number of thiocarbonyl (C=S) groups is 1. The summed E-state index contributed by atoms with van der Waals surface area (Å²) in [6, 6.07) is 2.07. The van der Waals surface area contributed by atoms with Gasteiger partial charge in [0.1, 0.15) is 0 Å². The van der Waals surface area contributed by atoms with Crippen LogP contribution in [0.1, 0.15) is 31.2 Å². The molecule has 8 heteroatoms. The molecule has 0 spiro atoms. The number of rotatable bonds is 5. The first-order chi connectivity index (χ1) is 11.7. The summed E-state index contributed by atoms with van der Waals surface area (Å²) in [4.78, 5) is 6.78. The van der Waals surface area contributed by atoms with Crippen molar-refractivity contribution in [1.82, 2.24) is 9.88 Å². The minimum atomic E-state index is -4.10. The summed E-state index contributed by atoms with van der Waals surface area (Å²) in [6.45, 7) is 0.423. The Morgan fingerprint density at radius 1 is 1.32 bits per heavy atom. The Balaban J connectivity index is 1.78. The second-order valence-electron chi connectivity index (χ2n) is 6.72. The zero-order valence-electron chi connectivity index (χ0n) is 13.5. The highest BCUT2D eigenvalue weighted by molar-refractivity contribution is 9.10. The van der Waals surface area contributed by atoms with E-state index in [1.807, 2.05) is 6.07 Å². The summed E-state index contributed by atoms with van der Waals surface area (Å²) in [7, 11) is 0. The molecule has 1 aromatic rings. The SMILES string of the molecule is NC(=S)C1(c2cncc(Br)c2)CC2C=CC(C1)N2CCCC(F)(F)F. The van der Waals surface area contributed by atoms with Crippen molar-refractivity contribution >= 4 is 33.1 Å². The maximum atomic E-state index is 12.4. The number of aromatic nitrogens is 1. The van der Waals surface area contributed by atoms with Crippen LogP contribution in [0.25, 0.3) is 0 Å². The van der Waals surface area contributed by atoms with Gasteiger partial charge in [-0.1, -0.05) is 24.4 Å². The smallest absolute Gasteiger partial charge is 0.389 e. The lowest BCUT2D eigenvalue weighted by molar-refractivity contribution is -0.136. The fraction of sp³-hybridized carbons (Fsp3) is 0.529. The van der Waals surface area contributed by atoms with Gasteiger partial charge in [-0.15, -0.1) is 0 Å². The van der Waals surface area contributed by atoms with Crippen LogP contribution < -0.4 is 5.73 Å². The Morgan fingerprint density at radius 3 is 2.48 bits per heavy atom. The first-order valence-electron chi connectivity index (χ1n) is 8.13. The maximum absolute atomic E-state index is 12.4. The standard InChI is InChI=1S/C17H19BrF3N3S/c18-12-6-11(9-23-10-12)16(15(22)25)7-13-2-3-14(8-16)24(13)5-1-4-17(19,20)21/h2-3,6,9-10,13-14H,1,4-5,7-8H2,(H2,22,25). The number of hydrogen-bond acceptors (Lipinski definition) is 3. The average molecular weight is 434 g/mol. The van der Waals surface area contributed by atoms with Gasteiger partial charge >= 0.3 is 6.18 Å². The first-order valence-corrected chi connectivity index (χ1v) is 9.33. The van der Waals surface area contributed by atoms with Crippen LogP contribution in [0.5, 0.6) is 0 Å². The van der Waals surface area contributed by atoms with Gasteiger partial charge in [-0.25, -0.2) is 0 Å². The Kier molecular flexibility index (Phi) is 5.23. The third-order valence-corrected chi connectivity index (χ3v) is 5.95. The molecule has 3 rings (SSSR count). The number of nitrogens with zero attached hydrogens (tertiary/aromatic N) is 2. The van der Waals surface area contributed by atoms with E-state index in [9.17, 15) is 13.2 Å². The zero-order valence-corrected chi connectivity index (χ0v) is 15.9. The molecule has 1 saturated heterocycles.